The van der Waals surface area contributed by atoms with Gasteiger partial charge >= 0.3 is 5.97 Å². The molecule has 0 aromatic heterocycles. The number of hydrogen-bond acceptors (Lipinski definition) is 3. The Bertz CT molecular complexity index is 197. The number of rotatable bonds is 0. The van der Waals surface area contributed by atoms with Gasteiger partial charge in [0.25, 0.3) is 0 Å². The third-order valence-electron chi connectivity index (χ3n) is 2.06. The molecule has 3 nitrogen and oxygen atoms in total. The summed E-state index contributed by atoms with van der Waals surface area (Å²) in [6.45, 7) is 0. The van der Waals surface area contributed by atoms with Crippen LogP contribution in [0.25, 0.3) is 0 Å². The summed E-state index contributed by atoms with van der Waals surface area (Å²) in [5.41, 5.74) is 0. The van der Waals surface area contributed by atoms with Crippen LogP contribution in [0, 0.1) is 5.92 Å². The van der Waals surface area contributed by atoms with Gasteiger partial charge in [0.1, 0.15) is 6.10 Å². The maximum atomic E-state index is 10.7. The third kappa shape index (κ3) is 0.609. The van der Waals surface area contributed by atoms with E-state index in [4.69, 9.17) is 9.84 Å². The molecule has 3 heteroatoms. The highest BCUT2D eigenvalue weighted by molar-refractivity contribution is 5.77. The summed E-state index contributed by atoms with van der Waals surface area (Å²) in [6, 6.07) is 0. The average Bonchev–Trinajstić information content (AvgIpc) is 2.41. The number of fused-ring (bicyclic) bond motifs is 1. The van der Waals surface area contributed by atoms with E-state index in [9.17, 15) is 4.79 Å². The Morgan fingerprint density at radius 2 is 2.50 bits per heavy atom. The molecule has 1 heterocycles. The molecule has 1 saturated heterocycles. The Labute approximate surface area is 58.3 Å². The molecule has 1 aliphatic carbocycles. The smallest absolute Gasteiger partial charge is 0.336 e. The molecule has 1 aliphatic heterocycles. The molecule has 2 aliphatic rings. The number of carbonyl (C=O) groups excluding carboxylic acids is 1. The van der Waals surface area contributed by atoms with E-state index in [0.717, 1.165) is 6.42 Å². The maximum Gasteiger partial charge on any atom is 0.336 e. The first-order chi connectivity index (χ1) is 4.79. The van der Waals surface area contributed by atoms with Gasteiger partial charge < -0.3 is 9.84 Å². The van der Waals surface area contributed by atoms with Crippen LogP contribution < -0.4 is 0 Å². The van der Waals surface area contributed by atoms with Gasteiger partial charge in [-0.3, -0.25) is 0 Å². The van der Waals surface area contributed by atoms with Crippen LogP contribution >= 0.6 is 0 Å². The summed E-state index contributed by atoms with van der Waals surface area (Å²) in [6.07, 6.45) is 3.49. The van der Waals surface area contributed by atoms with Crippen molar-refractivity contribution in [2.24, 2.45) is 5.92 Å². The van der Waals surface area contributed by atoms with Crippen LogP contribution in [0.3, 0.4) is 0 Å². The number of aliphatic hydroxyl groups excluding tert-OH is 1. The molecule has 0 amide bonds. The van der Waals surface area contributed by atoms with E-state index in [0.29, 0.717) is 0 Å². The lowest BCUT2D eigenvalue weighted by molar-refractivity contribution is -0.146. The Balaban J connectivity index is 2.22. The maximum absolute atomic E-state index is 10.7. The SMILES string of the molecule is O=C1O[C@@H]2C=CCC2C1O. The van der Waals surface area contributed by atoms with Gasteiger partial charge in [0.2, 0.25) is 0 Å². The summed E-state index contributed by atoms with van der Waals surface area (Å²) < 4.78 is 4.82. The number of hydrogen-bond donors (Lipinski definition) is 1. The average molecular weight is 140 g/mol. The number of carbonyl (C=O) groups is 1. The van der Waals surface area contributed by atoms with Crippen LogP contribution in [-0.4, -0.2) is 23.3 Å². The summed E-state index contributed by atoms with van der Waals surface area (Å²) in [7, 11) is 0. The van der Waals surface area contributed by atoms with Crippen molar-refractivity contribution in [2.75, 3.05) is 0 Å². The van der Waals surface area contributed by atoms with Gasteiger partial charge in [-0.05, 0) is 12.5 Å². The van der Waals surface area contributed by atoms with E-state index in [1.54, 1.807) is 0 Å². The Hall–Kier alpha value is -0.830. The summed E-state index contributed by atoms with van der Waals surface area (Å²) >= 11 is 0. The van der Waals surface area contributed by atoms with Crippen molar-refractivity contribution in [1.82, 2.24) is 0 Å². The van der Waals surface area contributed by atoms with Crippen molar-refractivity contribution < 1.29 is 14.6 Å². The van der Waals surface area contributed by atoms with Crippen LogP contribution in [0.1, 0.15) is 6.42 Å². The van der Waals surface area contributed by atoms with E-state index < -0.39 is 12.1 Å². The molecule has 0 aromatic rings. The van der Waals surface area contributed by atoms with Crippen LogP contribution in [-0.2, 0) is 9.53 Å². The Kier molecular flexibility index (Phi) is 1.08. The fourth-order valence-corrected chi connectivity index (χ4v) is 1.46. The lowest BCUT2D eigenvalue weighted by atomic mass is 10.0. The topological polar surface area (TPSA) is 46.5 Å². The molecule has 0 radical (unpaired) electrons. The minimum Gasteiger partial charge on any atom is -0.456 e. The lowest BCUT2D eigenvalue weighted by Crippen LogP contribution is -2.21. The molecule has 2 unspecified atom stereocenters. The molecule has 0 bridgehead atoms. The van der Waals surface area contributed by atoms with E-state index in [-0.39, 0.29) is 12.0 Å². The zero-order valence-electron chi connectivity index (χ0n) is 5.36. The molecular formula is C7H8O3. The van der Waals surface area contributed by atoms with Crippen molar-refractivity contribution in [3.05, 3.63) is 12.2 Å². The molecule has 54 valence electrons. The third-order valence-corrected chi connectivity index (χ3v) is 2.06. The summed E-state index contributed by atoms with van der Waals surface area (Å²) in [4.78, 5) is 10.7. The van der Waals surface area contributed by atoms with Crippen LogP contribution in [0.15, 0.2) is 12.2 Å². The van der Waals surface area contributed by atoms with Gasteiger partial charge in [0, 0.05) is 5.92 Å². The predicted octanol–water partition coefficient (Wildman–Crippen LogP) is -0.151. The standard InChI is InChI=1S/C7H8O3/c8-6-4-2-1-3-5(4)10-7(6)9/h1,3-6,8H,2H2/t4?,5-,6?/m1/s1. The molecule has 0 spiro atoms. The first-order valence-electron chi connectivity index (χ1n) is 3.34. The molecule has 0 saturated carbocycles. The van der Waals surface area contributed by atoms with Gasteiger partial charge in [0.05, 0.1) is 0 Å². The Morgan fingerprint density at radius 3 is 3.20 bits per heavy atom. The quantitative estimate of drug-likeness (QED) is 0.376. The number of aliphatic hydroxyl groups is 1. The second-order valence-electron chi connectivity index (χ2n) is 2.67. The van der Waals surface area contributed by atoms with Gasteiger partial charge in [-0.15, -0.1) is 0 Å². The fourth-order valence-electron chi connectivity index (χ4n) is 1.46. The number of allylic oxidation sites excluding steroid dienone is 1. The lowest BCUT2D eigenvalue weighted by Gasteiger charge is -2.05. The van der Waals surface area contributed by atoms with E-state index >= 15 is 0 Å². The van der Waals surface area contributed by atoms with Crippen molar-refractivity contribution >= 4 is 5.97 Å². The highest BCUT2D eigenvalue weighted by Gasteiger charge is 2.43. The van der Waals surface area contributed by atoms with Crippen molar-refractivity contribution in [3.63, 3.8) is 0 Å². The van der Waals surface area contributed by atoms with Crippen LogP contribution in [0.5, 0.6) is 0 Å². The predicted molar refractivity (Wildman–Crippen MR) is 33.1 cm³/mol. The molecule has 3 atom stereocenters. The highest BCUT2D eigenvalue weighted by atomic mass is 16.6. The molecule has 1 N–H and O–H groups in total. The molecule has 2 rings (SSSR count). The zero-order valence-corrected chi connectivity index (χ0v) is 5.36. The van der Waals surface area contributed by atoms with Crippen LogP contribution in [0.4, 0.5) is 0 Å². The van der Waals surface area contributed by atoms with Gasteiger partial charge in [0.15, 0.2) is 6.10 Å². The van der Waals surface area contributed by atoms with E-state index in [1.165, 1.54) is 0 Å². The molecule has 10 heavy (non-hydrogen) atoms. The van der Waals surface area contributed by atoms with E-state index in [1.807, 2.05) is 12.2 Å². The molecule has 0 aromatic carbocycles. The molecule has 1 fully saturated rings. The summed E-state index contributed by atoms with van der Waals surface area (Å²) in [5, 5.41) is 9.15. The van der Waals surface area contributed by atoms with Gasteiger partial charge in [-0.2, -0.15) is 0 Å². The number of ether oxygens (including phenoxy) is 1. The minimum atomic E-state index is -0.889. The normalized spacial score (nSPS) is 43.7. The first-order valence-corrected chi connectivity index (χ1v) is 3.34. The second-order valence-corrected chi connectivity index (χ2v) is 2.67. The first kappa shape index (κ1) is 5.92. The van der Waals surface area contributed by atoms with Crippen LogP contribution in [0.2, 0.25) is 0 Å². The summed E-state index contributed by atoms with van der Waals surface area (Å²) in [5.74, 6) is -0.480. The highest BCUT2D eigenvalue weighted by Crippen LogP contribution is 2.31. The number of esters is 1. The van der Waals surface area contributed by atoms with Crippen molar-refractivity contribution in [1.29, 1.82) is 0 Å². The fraction of sp³-hybridized carbons (Fsp3) is 0.571. The van der Waals surface area contributed by atoms with Gasteiger partial charge in [-0.25, -0.2) is 4.79 Å². The molecular weight excluding hydrogens is 132 g/mol. The van der Waals surface area contributed by atoms with E-state index in [2.05, 4.69) is 0 Å². The monoisotopic (exact) mass is 140 g/mol. The largest absolute Gasteiger partial charge is 0.456 e. The zero-order chi connectivity index (χ0) is 7.14. The minimum absolute atomic E-state index is 0.00694. The second kappa shape index (κ2) is 1.83. The van der Waals surface area contributed by atoms with Crippen molar-refractivity contribution in [3.8, 4) is 0 Å². The van der Waals surface area contributed by atoms with Gasteiger partial charge in [-0.1, -0.05) is 6.08 Å². The van der Waals surface area contributed by atoms with Crippen molar-refractivity contribution in [2.45, 2.75) is 18.6 Å². The Morgan fingerprint density at radius 1 is 1.70 bits per heavy atom.